The van der Waals surface area contributed by atoms with Gasteiger partial charge in [0.1, 0.15) is 6.10 Å². The fourth-order valence-electron chi connectivity index (χ4n) is 5.50. The number of esters is 1. The van der Waals surface area contributed by atoms with E-state index in [1.165, 1.54) is 64.2 Å². The minimum atomic E-state index is -0.676. The molecule has 4 heteroatoms. The van der Waals surface area contributed by atoms with Gasteiger partial charge >= 0.3 is 11.9 Å². The number of ether oxygens (including phenoxy) is 1. The minimum Gasteiger partial charge on any atom is -0.481 e. The summed E-state index contributed by atoms with van der Waals surface area (Å²) in [4.78, 5) is 22.9. The Morgan fingerprint density at radius 2 is 0.913 bits per heavy atom. The van der Waals surface area contributed by atoms with Crippen LogP contribution in [0.25, 0.3) is 0 Å². The lowest BCUT2D eigenvalue weighted by atomic mass is 10.0. The van der Waals surface area contributed by atoms with Gasteiger partial charge in [-0.3, -0.25) is 9.59 Å². The summed E-state index contributed by atoms with van der Waals surface area (Å²) in [6.07, 6.45) is 51.6. The first-order valence-corrected chi connectivity index (χ1v) is 19.3. The van der Waals surface area contributed by atoms with Crippen molar-refractivity contribution in [3.05, 3.63) is 60.8 Å². The first kappa shape index (κ1) is 43.6. The van der Waals surface area contributed by atoms with E-state index in [0.717, 1.165) is 96.3 Å². The molecule has 0 aromatic carbocycles. The summed E-state index contributed by atoms with van der Waals surface area (Å²) in [6.45, 7) is 4.34. The van der Waals surface area contributed by atoms with E-state index in [1.807, 2.05) is 0 Å². The highest BCUT2D eigenvalue weighted by Gasteiger charge is 2.13. The van der Waals surface area contributed by atoms with Gasteiger partial charge in [0.2, 0.25) is 0 Å². The lowest BCUT2D eigenvalue weighted by Crippen LogP contribution is -2.18. The summed E-state index contributed by atoms with van der Waals surface area (Å²) < 4.78 is 5.85. The molecule has 0 aromatic heterocycles. The number of aliphatic carboxylic acids is 1. The predicted molar refractivity (Wildman–Crippen MR) is 199 cm³/mol. The number of allylic oxidation sites excluding steroid dienone is 10. The molecule has 0 saturated carbocycles. The third-order valence-electron chi connectivity index (χ3n) is 8.23. The summed E-state index contributed by atoms with van der Waals surface area (Å²) >= 11 is 0. The number of rotatable bonds is 34. The second-order valence-electron chi connectivity index (χ2n) is 12.7. The van der Waals surface area contributed by atoms with Crippen LogP contribution in [0.2, 0.25) is 0 Å². The van der Waals surface area contributed by atoms with Gasteiger partial charge in [0.25, 0.3) is 0 Å². The number of carbonyl (C=O) groups is 2. The fraction of sp³-hybridized carbons (Fsp3) is 0.714. The van der Waals surface area contributed by atoms with E-state index in [0.29, 0.717) is 12.8 Å². The average Bonchev–Trinajstić information content (AvgIpc) is 3.03. The molecule has 0 rings (SSSR count). The zero-order valence-corrected chi connectivity index (χ0v) is 30.1. The first-order chi connectivity index (χ1) is 22.6. The highest BCUT2D eigenvalue weighted by atomic mass is 16.5. The number of carboxylic acid groups (broad SMARTS) is 1. The van der Waals surface area contributed by atoms with Crippen LogP contribution in [0, 0.1) is 0 Å². The smallest absolute Gasteiger partial charge is 0.306 e. The molecule has 0 aliphatic carbocycles. The van der Waals surface area contributed by atoms with Gasteiger partial charge in [0, 0.05) is 12.8 Å². The van der Waals surface area contributed by atoms with Crippen molar-refractivity contribution in [2.24, 2.45) is 0 Å². The Morgan fingerprint density at radius 1 is 0.500 bits per heavy atom. The van der Waals surface area contributed by atoms with Crippen LogP contribution in [0.15, 0.2) is 60.8 Å². The Bertz CT molecular complexity index is 820. The van der Waals surface area contributed by atoms with Gasteiger partial charge in [0.05, 0.1) is 0 Å². The maximum Gasteiger partial charge on any atom is 0.306 e. The van der Waals surface area contributed by atoms with Crippen molar-refractivity contribution >= 4 is 11.9 Å². The molecule has 0 bridgehead atoms. The van der Waals surface area contributed by atoms with Gasteiger partial charge in [-0.2, -0.15) is 0 Å². The molecule has 0 radical (unpaired) electrons. The molecule has 0 heterocycles. The lowest BCUT2D eigenvalue weighted by molar-refractivity contribution is -0.150. The largest absolute Gasteiger partial charge is 0.481 e. The van der Waals surface area contributed by atoms with Crippen molar-refractivity contribution in [3.63, 3.8) is 0 Å². The number of carboxylic acids is 1. The molecule has 0 aliphatic rings. The molecule has 4 nitrogen and oxygen atoms in total. The van der Waals surface area contributed by atoms with Gasteiger partial charge < -0.3 is 9.84 Å². The third-order valence-corrected chi connectivity index (χ3v) is 8.23. The molecular formula is C42H72O4. The number of hydrogen-bond acceptors (Lipinski definition) is 3. The summed E-state index contributed by atoms with van der Waals surface area (Å²) in [6, 6.07) is 0. The van der Waals surface area contributed by atoms with Crippen molar-refractivity contribution < 1.29 is 19.4 Å². The van der Waals surface area contributed by atoms with E-state index in [4.69, 9.17) is 9.84 Å². The van der Waals surface area contributed by atoms with Crippen molar-refractivity contribution in [2.45, 2.75) is 193 Å². The Hall–Kier alpha value is -2.36. The van der Waals surface area contributed by atoms with Crippen molar-refractivity contribution in [3.8, 4) is 0 Å². The maximum atomic E-state index is 12.4. The van der Waals surface area contributed by atoms with Crippen LogP contribution in [0.4, 0.5) is 0 Å². The molecule has 0 saturated heterocycles. The molecule has 1 atom stereocenters. The number of carbonyl (C=O) groups excluding carboxylic acids is 1. The second-order valence-corrected chi connectivity index (χ2v) is 12.7. The fourth-order valence-corrected chi connectivity index (χ4v) is 5.50. The molecule has 0 aromatic rings. The Labute approximate surface area is 284 Å². The molecule has 0 amide bonds. The Morgan fingerprint density at radius 3 is 1.39 bits per heavy atom. The average molecular weight is 641 g/mol. The molecular weight excluding hydrogens is 568 g/mol. The Balaban J connectivity index is 3.63. The highest BCUT2D eigenvalue weighted by molar-refractivity contribution is 5.69. The van der Waals surface area contributed by atoms with Crippen molar-refractivity contribution in [1.29, 1.82) is 0 Å². The van der Waals surface area contributed by atoms with E-state index < -0.39 is 5.97 Å². The van der Waals surface area contributed by atoms with E-state index >= 15 is 0 Å². The van der Waals surface area contributed by atoms with Gasteiger partial charge in [-0.05, 0) is 77.0 Å². The van der Waals surface area contributed by atoms with E-state index in [9.17, 15) is 9.59 Å². The van der Waals surface area contributed by atoms with Crippen LogP contribution >= 0.6 is 0 Å². The molecule has 0 spiro atoms. The zero-order valence-electron chi connectivity index (χ0n) is 30.1. The van der Waals surface area contributed by atoms with Crippen LogP contribution in [0.5, 0.6) is 0 Å². The van der Waals surface area contributed by atoms with E-state index in [2.05, 4.69) is 74.6 Å². The Kier molecular flexibility index (Phi) is 35.2. The molecule has 46 heavy (non-hydrogen) atoms. The lowest BCUT2D eigenvalue weighted by Gasteiger charge is -2.17. The van der Waals surface area contributed by atoms with Crippen LogP contribution in [-0.2, 0) is 14.3 Å². The normalized spacial score (nSPS) is 12.9. The molecule has 0 aliphatic heterocycles. The van der Waals surface area contributed by atoms with Crippen molar-refractivity contribution in [1.82, 2.24) is 0 Å². The van der Waals surface area contributed by atoms with Gasteiger partial charge in [-0.25, -0.2) is 0 Å². The molecule has 0 fully saturated rings. The standard InChI is InChI=1S/C42H72O4/c1-3-5-6-7-8-9-10-11-12-13-14-15-16-17-18-19-23-26-29-32-35-39-42(45)46-40(36-4-2)37-33-30-27-24-21-20-22-25-28-31-34-38-41(43)44/h5-6,8-9,11-12,14-15,17-18,40H,3-4,7,10,13,16,19-39H2,1-2H3,(H,43,44)/b6-5-,9-8-,12-11-,15-14-,18-17-. The molecule has 1 unspecified atom stereocenters. The van der Waals surface area contributed by atoms with E-state index in [1.54, 1.807) is 0 Å². The van der Waals surface area contributed by atoms with Crippen LogP contribution in [0.1, 0.15) is 187 Å². The number of hydrogen-bond donors (Lipinski definition) is 1. The highest BCUT2D eigenvalue weighted by Crippen LogP contribution is 2.17. The SMILES string of the molecule is CC/C=C\C/C=C\C/C=C\C/C=C\C/C=C\CCCCCCCC(=O)OC(CCC)CCCCCCCCCCCCCC(=O)O. The molecule has 264 valence electrons. The van der Waals surface area contributed by atoms with Crippen LogP contribution in [-0.4, -0.2) is 23.1 Å². The van der Waals surface area contributed by atoms with Crippen molar-refractivity contribution in [2.75, 3.05) is 0 Å². The second kappa shape index (κ2) is 37.1. The van der Waals surface area contributed by atoms with Gasteiger partial charge in [0.15, 0.2) is 0 Å². The third kappa shape index (κ3) is 36.1. The van der Waals surface area contributed by atoms with Gasteiger partial charge in [-0.1, -0.05) is 158 Å². The summed E-state index contributed by atoms with van der Waals surface area (Å²) in [5, 5.41) is 8.67. The quantitative estimate of drug-likeness (QED) is 0.0432. The predicted octanol–water partition coefficient (Wildman–Crippen LogP) is 13.3. The van der Waals surface area contributed by atoms with Crippen LogP contribution in [0.3, 0.4) is 0 Å². The summed E-state index contributed by atoms with van der Waals surface area (Å²) in [5.74, 6) is -0.676. The first-order valence-electron chi connectivity index (χ1n) is 19.3. The zero-order chi connectivity index (χ0) is 33.6. The summed E-state index contributed by atoms with van der Waals surface area (Å²) in [7, 11) is 0. The van der Waals surface area contributed by atoms with E-state index in [-0.39, 0.29) is 12.1 Å². The van der Waals surface area contributed by atoms with Crippen LogP contribution < -0.4 is 0 Å². The monoisotopic (exact) mass is 641 g/mol. The topological polar surface area (TPSA) is 63.6 Å². The number of unbranched alkanes of at least 4 members (excludes halogenated alkanes) is 15. The molecule has 1 N–H and O–H groups in total. The maximum absolute atomic E-state index is 12.4. The minimum absolute atomic E-state index is 0.000177. The van der Waals surface area contributed by atoms with Gasteiger partial charge in [-0.15, -0.1) is 0 Å². The summed E-state index contributed by atoms with van der Waals surface area (Å²) in [5.41, 5.74) is 0.